The molecular weight excluding hydrogens is 370 g/mol. The molecule has 1 N–H and O–H groups in total. The zero-order valence-electron chi connectivity index (χ0n) is 15.1. The predicted molar refractivity (Wildman–Crippen MR) is 98.0 cm³/mol. The first-order valence-electron chi connectivity index (χ1n) is 8.04. The fourth-order valence-electron chi connectivity index (χ4n) is 2.46. The third kappa shape index (κ3) is 4.26. The lowest BCUT2D eigenvalue weighted by Crippen LogP contribution is -2.23. The SMILES string of the molecule is COc1cccc(-c2noc(CNS(=O)(=O)c3ccc(OC)c(C)c3)n2)c1. The van der Waals surface area contributed by atoms with Crippen LogP contribution in [0.25, 0.3) is 11.4 Å². The molecule has 0 spiro atoms. The largest absolute Gasteiger partial charge is 0.497 e. The lowest BCUT2D eigenvalue weighted by molar-refractivity contribution is 0.376. The Labute approximate surface area is 157 Å². The highest BCUT2D eigenvalue weighted by molar-refractivity contribution is 7.89. The van der Waals surface area contributed by atoms with E-state index in [1.54, 1.807) is 38.3 Å². The van der Waals surface area contributed by atoms with Crippen molar-refractivity contribution in [3.8, 4) is 22.9 Å². The smallest absolute Gasteiger partial charge is 0.242 e. The number of rotatable bonds is 7. The van der Waals surface area contributed by atoms with Crippen LogP contribution in [-0.2, 0) is 16.6 Å². The van der Waals surface area contributed by atoms with Gasteiger partial charge in [0.25, 0.3) is 0 Å². The molecule has 142 valence electrons. The quantitative estimate of drug-likeness (QED) is 0.662. The molecule has 2 aromatic carbocycles. The van der Waals surface area contributed by atoms with Crippen LogP contribution in [0.5, 0.6) is 11.5 Å². The van der Waals surface area contributed by atoms with E-state index in [0.717, 1.165) is 5.56 Å². The summed E-state index contributed by atoms with van der Waals surface area (Å²) in [5, 5.41) is 3.88. The maximum Gasteiger partial charge on any atom is 0.242 e. The van der Waals surface area contributed by atoms with Crippen LogP contribution >= 0.6 is 0 Å². The standard InChI is InChI=1S/C18H19N3O5S/c1-12-9-15(7-8-16(12)25-3)27(22,23)19-11-17-20-18(21-26-17)13-5-4-6-14(10-13)24-2/h4-10,19H,11H2,1-3H3. The second kappa shape index (κ2) is 7.77. The molecule has 9 heteroatoms. The van der Waals surface area contributed by atoms with E-state index in [1.807, 2.05) is 6.07 Å². The van der Waals surface area contributed by atoms with Gasteiger partial charge in [0, 0.05) is 5.56 Å². The normalized spacial score (nSPS) is 11.4. The molecule has 1 heterocycles. The van der Waals surface area contributed by atoms with E-state index in [-0.39, 0.29) is 17.3 Å². The molecule has 0 saturated heterocycles. The minimum Gasteiger partial charge on any atom is -0.497 e. The lowest BCUT2D eigenvalue weighted by Gasteiger charge is -2.08. The van der Waals surface area contributed by atoms with E-state index in [1.165, 1.54) is 19.2 Å². The van der Waals surface area contributed by atoms with Gasteiger partial charge in [-0.2, -0.15) is 4.98 Å². The Hall–Kier alpha value is -2.91. The molecule has 0 radical (unpaired) electrons. The summed E-state index contributed by atoms with van der Waals surface area (Å²) in [6, 6.07) is 11.8. The number of methoxy groups -OCH3 is 2. The number of hydrogen-bond donors (Lipinski definition) is 1. The minimum atomic E-state index is -3.73. The number of aryl methyl sites for hydroxylation is 1. The Morgan fingerprint density at radius 1 is 1.11 bits per heavy atom. The van der Waals surface area contributed by atoms with Gasteiger partial charge < -0.3 is 14.0 Å². The molecule has 8 nitrogen and oxygen atoms in total. The molecule has 3 rings (SSSR count). The van der Waals surface area contributed by atoms with Gasteiger partial charge in [-0.3, -0.25) is 0 Å². The van der Waals surface area contributed by atoms with E-state index in [2.05, 4.69) is 14.9 Å². The Morgan fingerprint density at radius 3 is 2.63 bits per heavy atom. The van der Waals surface area contributed by atoms with Crippen molar-refractivity contribution in [2.75, 3.05) is 14.2 Å². The van der Waals surface area contributed by atoms with Crippen molar-refractivity contribution in [1.82, 2.24) is 14.9 Å². The van der Waals surface area contributed by atoms with Gasteiger partial charge in [-0.15, -0.1) is 0 Å². The Morgan fingerprint density at radius 2 is 1.93 bits per heavy atom. The van der Waals surface area contributed by atoms with Crippen molar-refractivity contribution in [3.63, 3.8) is 0 Å². The first-order chi connectivity index (χ1) is 12.9. The molecule has 0 fully saturated rings. The third-order valence-electron chi connectivity index (χ3n) is 3.89. The summed E-state index contributed by atoms with van der Waals surface area (Å²) in [6.45, 7) is 1.65. The molecule has 3 aromatic rings. The van der Waals surface area contributed by atoms with Gasteiger partial charge >= 0.3 is 0 Å². The van der Waals surface area contributed by atoms with Crippen molar-refractivity contribution in [2.45, 2.75) is 18.4 Å². The summed E-state index contributed by atoms with van der Waals surface area (Å²) < 4.78 is 42.8. The topological polar surface area (TPSA) is 104 Å². The van der Waals surface area contributed by atoms with E-state index in [0.29, 0.717) is 22.9 Å². The lowest BCUT2D eigenvalue weighted by atomic mass is 10.2. The summed E-state index contributed by atoms with van der Waals surface area (Å²) in [5.74, 6) is 1.79. The molecule has 27 heavy (non-hydrogen) atoms. The zero-order chi connectivity index (χ0) is 19.4. The second-order valence-electron chi connectivity index (χ2n) is 5.70. The van der Waals surface area contributed by atoms with Crippen LogP contribution < -0.4 is 14.2 Å². The van der Waals surface area contributed by atoms with E-state index >= 15 is 0 Å². The van der Waals surface area contributed by atoms with E-state index in [9.17, 15) is 8.42 Å². The van der Waals surface area contributed by atoms with Crippen LogP contribution in [0.3, 0.4) is 0 Å². The van der Waals surface area contributed by atoms with Gasteiger partial charge in [0.05, 0.1) is 25.7 Å². The van der Waals surface area contributed by atoms with Crippen molar-refractivity contribution in [2.24, 2.45) is 0 Å². The van der Waals surface area contributed by atoms with Gasteiger partial charge in [-0.05, 0) is 42.8 Å². The average Bonchev–Trinajstić information content (AvgIpc) is 3.15. The van der Waals surface area contributed by atoms with Crippen LogP contribution in [0.15, 0.2) is 51.9 Å². The van der Waals surface area contributed by atoms with Crippen molar-refractivity contribution in [3.05, 3.63) is 53.9 Å². The summed E-state index contributed by atoms with van der Waals surface area (Å²) in [4.78, 5) is 4.35. The molecular formula is C18H19N3O5S. The monoisotopic (exact) mass is 389 g/mol. The van der Waals surface area contributed by atoms with Crippen LogP contribution in [0.1, 0.15) is 11.5 Å². The molecule has 0 unspecified atom stereocenters. The number of nitrogens with one attached hydrogen (secondary N) is 1. The molecule has 0 saturated carbocycles. The van der Waals surface area contributed by atoms with Gasteiger partial charge in [-0.1, -0.05) is 17.3 Å². The van der Waals surface area contributed by atoms with Gasteiger partial charge in [-0.25, -0.2) is 13.1 Å². The number of aromatic nitrogens is 2. The Balaban J connectivity index is 1.73. The van der Waals surface area contributed by atoms with Crippen LogP contribution in [-0.4, -0.2) is 32.8 Å². The molecule has 0 amide bonds. The number of ether oxygens (including phenoxy) is 2. The number of sulfonamides is 1. The number of hydrogen-bond acceptors (Lipinski definition) is 7. The third-order valence-corrected chi connectivity index (χ3v) is 5.28. The highest BCUT2D eigenvalue weighted by atomic mass is 32.2. The maximum atomic E-state index is 12.5. The minimum absolute atomic E-state index is 0.121. The van der Waals surface area contributed by atoms with Gasteiger partial charge in [0.1, 0.15) is 11.5 Å². The molecule has 0 atom stereocenters. The van der Waals surface area contributed by atoms with E-state index < -0.39 is 10.0 Å². The zero-order valence-corrected chi connectivity index (χ0v) is 15.9. The fourth-order valence-corrected chi connectivity index (χ4v) is 3.52. The molecule has 0 bridgehead atoms. The van der Waals surface area contributed by atoms with Crippen LogP contribution in [0.2, 0.25) is 0 Å². The van der Waals surface area contributed by atoms with Crippen LogP contribution in [0, 0.1) is 6.92 Å². The van der Waals surface area contributed by atoms with Gasteiger partial charge in [0.15, 0.2) is 0 Å². The summed E-state index contributed by atoms with van der Waals surface area (Å²) in [7, 11) is -0.627. The van der Waals surface area contributed by atoms with Crippen molar-refractivity contribution < 1.29 is 22.4 Å². The first-order valence-corrected chi connectivity index (χ1v) is 9.52. The average molecular weight is 389 g/mol. The number of benzene rings is 2. The Kier molecular flexibility index (Phi) is 5.43. The molecule has 0 aliphatic rings. The summed E-state index contributed by atoms with van der Waals surface area (Å²) in [6.07, 6.45) is 0. The first kappa shape index (κ1) is 18.9. The van der Waals surface area contributed by atoms with Crippen molar-refractivity contribution >= 4 is 10.0 Å². The predicted octanol–water partition coefficient (Wildman–Crippen LogP) is 2.54. The second-order valence-corrected chi connectivity index (χ2v) is 7.47. The van der Waals surface area contributed by atoms with E-state index in [4.69, 9.17) is 14.0 Å². The molecule has 0 aliphatic heterocycles. The molecule has 0 aliphatic carbocycles. The maximum absolute atomic E-state index is 12.5. The van der Waals surface area contributed by atoms with Crippen LogP contribution in [0.4, 0.5) is 0 Å². The summed E-state index contributed by atoms with van der Waals surface area (Å²) in [5.41, 5.74) is 1.43. The highest BCUT2D eigenvalue weighted by Gasteiger charge is 2.17. The molecule has 1 aromatic heterocycles. The highest BCUT2D eigenvalue weighted by Crippen LogP contribution is 2.22. The number of nitrogens with zero attached hydrogens (tertiary/aromatic N) is 2. The fraction of sp³-hybridized carbons (Fsp3) is 0.222. The van der Waals surface area contributed by atoms with Gasteiger partial charge in [0.2, 0.25) is 21.7 Å². The Bertz CT molecular complexity index is 1050. The van der Waals surface area contributed by atoms with Crippen molar-refractivity contribution in [1.29, 1.82) is 0 Å². The summed E-state index contributed by atoms with van der Waals surface area (Å²) >= 11 is 0.